The van der Waals surface area contributed by atoms with E-state index in [2.05, 4.69) is 43.0 Å². The summed E-state index contributed by atoms with van der Waals surface area (Å²) in [5, 5.41) is 3.49. The van der Waals surface area contributed by atoms with Crippen LogP contribution in [0.4, 0.5) is 4.39 Å². The van der Waals surface area contributed by atoms with Gasteiger partial charge in [-0.3, -0.25) is 4.98 Å². The van der Waals surface area contributed by atoms with Crippen LogP contribution in [0.15, 0.2) is 18.3 Å². The Labute approximate surface area is 116 Å². The molecule has 4 heteroatoms. The van der Waals surface area contributed by atoms with Crippen molar-refractivity contribution < 1.29 is 4.39 Å². The lowest BCUT2D eigenvalue weighted by Gasteiger charge is -2.25. The van der Waals surface area contributed by atoms with E-state index < -0.39 is 0 Å². The van der Waals surface area contributed by atoms with Gasteiger partial charge in [0.25, 0.3) is 0 Å². The predicted octanol–water partition coefficient (Wildman–Crippen LogP) is 2.99. The fraction of sp³-hybridized carbons (Fsp3) is 0.667. The van der Waals surface area contributed by atoms with Crippen molar-refractivity contribution in [1.29, 1.82) is 0 Å². The standard InChI is InChI=1S/C15H26FN3/c1-5-9-17-15(8-10-19(4)12(2)3)14-7-6-13(16)11-18-14/h6-7,11-12,15,17H,5,8-10H2,1-4H3. The third-order valence-corrected chi connectivity index (χ3v) is 3.40. The number of halogens is 1. The van der Waals surface area contributed by atoms with Crippen LogP contribution in [-0.2, 0) is 0 Å². The van der Waals surface area contributed by atoms with Crippen molar-refractivity contribution in [3.05, 3.63) is 29.8 Å². The second-order valence-electron chi connectivity index (χ2n) is 5.27. The second-order valence-corrected chi connectivity index (χ2v) is 5.27. The number of aromatic nitrogens is 1. The molecule has 0 amide bonds. The fourth-order valence-corrected chi connectivity index (χ4v) is 1.86. The fourth-order valence-electron chi connectivity index (χ4n) is 1.86. The number of nitrogens with one attached hydrogen (secondary N) is 1. The molecule has 0 spiro atoms. The van der Waals surface area contributed by atoms with E-state index in [9.17, 15) is 4.39 Å². The van der Waals surface area contributed by atoms with Gasteiger partial charge in [-0.05, 0) is 59.0 Å². The molecule has 19 heavy (non-hydrogen) atoms. The highest BCUT2D eigenvalue weighted by molar-refractivity contribution is 5.10. The van der Waals surface area contributed by atoms with E-state index >= 15 is 0 Å². The number of hydrogen-bond donors (Lipinski definition) is 1. The SMILES string of the molecule is CCCNC(CCN(C)C(C)C)c1ccc(F)cn1. The molecule has 0 fully saturated rings. The molecule has 3 nitrogen and oxygen atoms in total. The maximum Gasteiger partial charge on any atom is 0.141 e. The van der Waals surface area contributed by atoms with Gasteiger partial charge in [-0.25, -0.2) is 4.39 Å². The lowest BCUT2D eigenvalue weighted by molar-refractivity contribution is 0.255. The van der Waals surface area contributed by atoms with E-state index in [-0.39, 0.29) is 11.9 Å². The zero-order valence-corrected chi connectivity index (χ0v) is 12.5. The van der Waals surface area contributed by atoms with E-state index in [1.807, 2.05) is 0 Å². The van der Waals surface area contributed by atoms with Gasteiger partial charge in [-0.1, -0.05) is 6.92 Å². The van der Waals surface area contributed by atoms with Crippen molar-refractivity contribution in [2.45, 2.75) is 45.7 Å². The summed E-state index contributed by atoms with van der Waals surface area (Å²) in [5.41, 5.74) is 0.923. The van der Waals surface area contributed by atoms with Gasteiger partial charge in [0.15, 0.2) is 0 Å². The average molecular weight is 267 g/mol. The lowest BCUT2D eigenvalue weighted by atomic mass is 10.1. The van der Waals surface area contributed by atoms with Gasteiger partial charge < -0.3 is 10.2 Å². The Kier molecular flexibility index (Phi) is 6.95. The Bertz CT molecular complexity index is 351. The molecule has 0 bridgehead atoms. The van der Waals surface area contributed by atoms with Gasteiger partial charge in [0.05, 0.1) is 17.9 Å². The van der Waals surface area contributed by atoms with Crippen molar-refractivity contribution in [1.82, 2.24) is 15.2 Å². The second kappa shape index (κ2) is 8.23. The first-order valence-corrected chi connectivity index (χ1v) is 7.09. The van der Waals surface area contributed by atoms with Crippen LogP contribution in [-0.4, -0.2) is 36.1 Å². The van der Waals surface area contributed by atoms with Crippen LogP contribution in [0, 0.1) is 5.82 Å². The maximum absolute atomic E-state index is 12.9. The van der Waals surface area contributed by atoms with Crippen LogP contribution in [0.2, 0.25) is 0 Å². The normalized spacial score (nSPS) is 13.2. The van der Waals surface area contributed by atoms with Gasteiger partial charge in [-0.15, -0.1) is 0 Å². The summed E-state index contributed by atoms with van der Waals surface area (Å²) in [6.45, 7) is 8.46. The monoisotopic (exact) mass is 267 g/mol. The molecule has 0 aliphatic carbocycles. The van der Waals surface area contributed by atoms with Crippen molar-refractivity contribution in [3.8, 4) is 0 Å². The van der Waals surface area contributed by atoms with Crippen molar-refractivity contribution >= 4 is 0 Å². The van der Waals surface area contributed by atoms with Crippen LogP contribution in [0.5, 0.6) is 0 Å². The molecule has 1 aromatic heterocycles. The highest BCUT2D eigenvalue weighted by Gasteiger charge is 2.14. The largest absolute Gasteiger partial charge is 0.309 e. The zero-order valence-electron chi connectivity index (χ0n) is 12.5. The van der Waals surface area contributed by atoms with Crippen LogP contribution in [0.25, 0.3) is 0 Å². The van der Waals surface area contributed by atoms with Crippen LogP contribution in [0.1, 0.15) is 45.3 Å². The number of hydrogen-bond acceptors (Lipinski definition) is 3. The van der Waals surface area contributed by atoms with E-state index in [0.29, 0.717) is 6.04 Å². The molecular weight excluding hydrogens is 241 g/mol. The quantitative estimate of drug-likeness (QED) is 0.785. The van der Waals surface area contributed by atoms with E-state index in [0.717, 1.165) is 31.6 Å². The minimum absolute atomic E-state index is 0.196. The van der Waals surface area contributed by atoms with Crippen molar-refractivity contribution in [2.24, 2.45) is 0 Å². The molecule has 1 heterocycles. The Morgan fingerprint density at radius 3 is 2.63 bits per heavy atom. The van der Waals surface area contributed by atoms with Gasteiger partial charge in [0.2, 0.25) is 0 Å². The van der Waals surface area contributed by atoms with Crippen LogP contribution >= 0.6 is 0 Å². The van der Waals surface area contributed by atoms with Gasteiger partial charge in [0.1, 0.15) is 5.82 Å². The Hall–Kier alpha value is -1.00. The zero-order chi connectivity index (χ0) is 14.3. The highest BCUT2D eigenvalue weighted by atomic mass is 19.1. The minimum atomic E-state index is -0.280. The smallest absolute Gasteiger partial charge is 0.141 e. The minimum Gasteiger partial charge on any atom is -0.309 e. The first-order valence-electron chi connectivity index (χ1n) is 7.09. The molecule has 1 rings (SSSR count). The number of nitrogens with zero attached hydrogens (tertiary/aromatic N) is 2. The highest BCUT2D eigenvalue weighted by Crippen LogP contribution is 2.15. The Morgan fingerprint density at radius 2 is 2.11 bits per heavy atom. The summed E-state index contributed by atoms with van der Waals surface area (Å²) < 4.78 is 12.9. The Morgan fingerprint density at radius 1 is 1.37 bits per heavy atom. The molecule has 0 saturated carbocycles. The van der Waals surface area contributed by atoms with Crippen molar-refractivity contribution in [2.75, 3.05) is 20.1 Å². The van der Waals surface area contributed by atoms with Crippen LogP contribution < -0.4 is 5.32 Å². The molecule has 1 atom stereocenters. The summed E-state index contributed by atoms with van der Waals surface area (Å²) in [6, 6.07) is 3.99. The predicted molar refractivity (Wildman–Crippen MR) is 77.6 cm³/mol. The molecule has 0 saturated heterocycles. The molecule has 108 valence electrons. The Balaban J connectivity index is 2.63. The third-order valence-electron chi connectivity index (χ3n) is 3.40. The first kappa shape index (κ1) is 16.1. The average Bonchev–Trinajstić information content (AvgIpc) is 2.39. The number of rotatable bonds is 8. The summed E-state index contributed by atoms with van der Waals surface area (Å²) in [5.74, 6) is -0.280. The van der Waals surface area contributed by atoms with Crippen molar-refractivity contribution in [3.63, 3.8) is 0 Å². The van der Waals surface area contributed by atoms with E-state index in [4.69, 9.17) is 0 Å². The van der Waals surface area contributed by atoms with Gasteiger partial charge >= 0.3 is 0 Å². The molecule has 1 unspecified atom stereocenters. The van der Waals surface area contributed by atoms with E-state index in [1.54, 1.807) is 6.07 Å². The molecule has 1 aromatic rings. The topological polar surface area (TPSA) is 28.2 Å². The maximum atomic E-state index is 12.9. The summed E-state index contributed by atoms with van der Waals surface area (Å²) in [7, 11) is 2.12. The van der Waals surface area contributed by atoms with Gasteiger partial charge in [0, 0.05) is 6.04 Å². The summed E-state index contributed by atoms with van der Waals surface area (Å²) in [6.07, 6.45) is 3.35. The third kappa shape index (κ3) is 5.66. The molecule has 1 N–H and O–H groups in total. The summed E-state index contributed by atoms with van der Waals surface area (Å²) in [4.78, 5) is 6.51. The molecule has 0 radical (unpaired) electrons. The molecule has 0 aliphatic heterocycles. The number of pyridine rings is 1. The lowest BCUT2D eigenvalue weighted by Crippen LogP contribution is -2.31. The molecule has 0 aromatic carbocycles. The summed E-state index contributed by atoms with van der Waals surface area (Å²) >= 11 is 0. The van der Waals surface area contributed by atoms with E-state index in [1.165, 1.54) is 12.3 Å². The molecular formula is C15H26FN3. The molecule has 0 aliphatic rings. The van der Waals surface area contributed by atoms with Gasteiger partial charge in [-0.2, -0.15) is 0 Å². The first-order chi connectivity index (χ1) is 9.04. The van der Waals surface area contributed by atoms with Crippen LogP contribution in [0.3, 0.4) is 0 Å².